The highest BCUT2D eigenvalue weighted by Gasteiger charge is 2.13. The van der Waals surface area contributed by atoms with E-state index in [-0.39, 0.29) is 12.5 Å². The molecule has 0 radical (unpaired) electrons. The summed E-state index contributed by atoms with van der Waals surface area (Å²) in [6, 6.07) is 7.37. The first-order chi connectivity index (χ1) is 9.97. The second kappa shape index (κ2) is 6.41. The van der Waals surface area contributed by atoms with Crippen LogP contribution < -0.4 is 15.8 Å². The molecule has 1 aromatic heterocycles. The monoisotopic (exact) mass is 304 g/mol. The van der Waals surface area contributed by atoms with Crippen molar-refractivity contribution in [3.63, 3.8) is 0 Å². The van der Waals surface area contributed by atoms with Gasteiger partial charge in [0, 0.05) is 0 Å². The molecule has 0 bridgehead atoms. The highest BCUT2D eigenvalue weighted by molar-refractivity contribution is 7.14. The molecule has 0 fully saturated rings. The van der Waals surface area contributed by atoms with Crippen LogP contribution in [0.15, 0.2) is 29.6 Å². The molecule has 0 aliphatic heterocycles. The molecule has 2 aromatic rings. The molecule has 2 amide bonds. The van der Waals surface area contributed by atoms with Crippen LogP contribution in [-0.4, -0.2) is 18.4 Å². The topological polar surface area (TPSA) is 81.4 Å². The standard InChI is InChI=1S/C15H16N2O3S/c1-9-3-4-10(2)12(7-9)20-8-13(18)17-15-11(14(16)19)5-6-21-15/h3-7H,8H2,1-2H3,(H2,16,19)(H,17,18). The minimum atomic E-state index is -0.568. The molecule has 1 heterocycles. The number of carbonyl (C=O) groups excluding carboxylic acids is 2. The van der Waals surface area contributed by atoms with Gasteiger partial charge in [-0.2, -0.15) is 0 Å². The number of nitrogens with one attached hydrogen (secondary N) is 1. The summed E-state index contributed by atoms with van der Waals surface area (Å²) < 4.78 is 5.50. The van der Waals surface area contributed by atoms with Gasteiger partial charge in [-0.25, -0.2) is 0 Å². The van der Waals surface area contributed by atoms with E-state index in [0.717, 1.165) is 11.1 Å². The van der Waals surface area contributed by atoms with E-state index >= 15 is 0 Å². The predicted molar refractivity (Wildman–Crippen MR) is 82.9 cm³/mol. The molecule has 0 unspecified atom stereocenters. The maximum Gasteiger partial charge on any atom is 0.262 e. The molecule has 5 nitrogen and oxygen atoms in total. The van der Waals surface area contributed by atoms with Crippen molar-refractivity contribution in [2.45, 2.75) is 13.8 Å². The van der Waals surface area contributed by atoms with Crippen LogP contribution in [0, 0.1) is 13.8 Å². The lowest BCUT2D eigenvalue weighted by molar-refractivity contribution is -0.118. The number of benzene rings is 1. The molecule has 1 aromatic carbocycles. The van der Waals surface area contributed by atoms with Gasteiger partial charge < -0.3 is 15.8 Å². The SMILES string of the molecule is Cc1ccc(C)c(OCC(=O)Nc2sccc2C(N)=O)c1. The molecule has 6 heteroatoms. The summed E-state index contributed by atoms with van der Waals surface area (Å²) in [4.78, 5) is 23.0. The second-order valence-corrected chi connectivity index (χ2v) is 5.55. The lowest BCUT2D eigenvalue weighted by Gasteiger charge is -2.10. The van der Waals surface area contributed by atoms with Gasteiger partial charge in [0.1, 0.15) is 10.8 Å². The third-order valence-corrected chi connectivity index (χ3v) is 3.72. The van der Waals surface area contributed by atoms with Crippen molar-refractivity contribution in [2.75, 3.05) is 11.9 Å². The van der Waals surface area contributed by atoms with Gasteiger partial charge in [-0.1, -0.05) is 12.1 Å². The highest BCUT2D eigenvalue weighted by atomic mass is 32.1. The van der Waals surface area contributed by atoms with Gasteiger partial charge >= 0.3 is 0 Å². The Hall–Kier alpha value is -2.34. The Bertz CT molecular complexity index is 679. The van der Waals surface area contributed by atoms with Crippen molar-refractivity contribution >= 4 is 28.2 Å². The molecule has 0 atom stereocenters. The van der Waals surface area contributed by atoms with E-state index in [9.17, 15) is 9.59 Å². The first-order valence-corrected chi connectivity index (χ1v) is 7.22. The summed E-state index contributed by atoms with van der Waals surface area (Å²) in [6.07, 6.45) is 0. The molecule has 0 aliphatic rings. The number of nitrogens with two attached hydrogens (primary N) is 1. The molecule has 110 valence electrons. The molecule has 21 heavy (non-hydrogen) atoms. The van der Waals surface area contributed by atoms with E-state index in [2.05, 4.69) is 5.32 Å². The Labute approximate surface area is 126 Å². The van der Waals surface area contributed by atoms with Crippen molar-refractivity contribution in [2.24, 2.45) is 5.73 Å². The number of hydrogen-bond acceptors (Lipinski definition) is 4. The zero-order valence-corrected chi connectivity index (χ0v) is 12.6. The van der Waals surface area contributed by atoms with Gasteiger partial charge in [0.15, 0.2) is 6.61 Å². The Morgan fingerprint density at radius 2 is 2.05 bits per heavy atom. The van der Waals surface area contributed by atoms with Crippen LogP contribution in [0.25, 0.3) is 0 Å². The van der Waals surface area contributed by atoms with Gasteiger partial charge in [-0.15, -0.1) is 11.3 Å². The minimum absolute atomic E-state index is 0.125. The van der Waals surface area contributed by atoms with E-state index in [4.69, 9.17) is 10.5 Å². The van der Waals surface area contributed by atoms with Crippen LogP contribution in [0.1, 0.15) is 21.5 Å². The van der Waals surface area contributed by atoms with Gasteiger partial charge in [-0.05, 0) is 42.5 Å². The van der Waals surface area contributed by atoms with Crippen LogP contribution in [0.3, 0.4) is 0 Å². The highest BCUT2D eigenvalue weighted by Crippen LogP contribution is 2.23. The van der Waals surface area contributed by atoms with E-state index in [1.165, 1.54) is 11.3 Å². The molecule has 3 N–H and O–H groups in total. The van der Waals surface area contributed by atoms with Crippen molar-refractivity contribution in [3.8, 4) is 5.75 Å². The van der Waals surface area contributed by atoms with Crippen molar-refractivity contribution in [3.05, 3.63) is 46.3 Å². The fourth-order valence-electron chi connectivity index (χ4n) is 1.77. The van der Waals surface area contributed by atoms with Crippen LogP contribution in [0.4, 0.5) is 5.00 Å². The number of aryl methyl sites for hydroxylation is 2. The first-order valence-electron chi connectivity index (χ1n) is 6.34. The zero-order chi connectivity index (χ0) is 15.4. The zero-order valence-electron chi connectivity index (χ0n) is 11.8. The van der Waals surface area contributed by atoms with Gasteiger partial charge in [0.05, 0.1) is 5.56 Å². The molecule has 0 saturated carbocycles. The van der Waals surface area contributed by atoms with Gasteiger partial charge in [0.2, 0.25) is 0 Å². The summed E-state index contributed by atoms with van der Waals surface area (Å²) >= 11 is 1.25. The molecular weight excluding hydrogens is 288 g/mol. The maximum atomic E-state index is 11.9. The lowest BCUT2D eigenvalue weighted by Crippen LogP contribution is -2.22. The smallest absolute Gasteiger partial charge is 0.262 e. The fourth-order valence-corrected chi connectivity index (χ4v) is 2.58. The Morgan fingerprint density at radius 1 is 1.29 bits per heavy atom. The van der Waals surface area contributed by atoms with Crippen molar-refractivity contribution in [1.29, 1.82) is 0 Å². The number of carbonyl (C=O) groups is 2. The Morgan fingerprint density at radius 3 is 2.76 bits per heavy atom. The summed E-state index contributed by atoms with van der Waals surface area (Å²) in [5, 5.41) is 4.77. The fraction of sp³-hybridized carbons (Fsp3) is 0.200. The van der Waals surface area contributed by atoms with Gasteiger partial charge in [-0.3, -0.25) is 9.59 Å². The number of thiophene rings is 1. The molecule has 0 aliphatic carbocycles. The summed E-state index contributed by atoms with van der Waals surface area (Å²) in [5.41, 5.74) is 7.55. The van der Waals surface area contributed by atoms with E-state index in [1.54, 1.807) is 11.4 Å². The number of ether oxygens (including phenoxy) is 1. The quantitative estimate of drug-likeness (QED) is 0.890. The average molecular weight is 304 g/mol. The summed E-state index contributed by atoms with van der Waals surface area (Å²) in [7, 11) is 0. The van der Waals surface area contributed by atoms with E-state index < -0.39 is 5.91 Å². The second-order valence-electron chi connectivity index (χ2n) is 4.63. The Balaban J connectivity index is 1.98. The third kappa shape index (κ3) is 3.82. The van der Waals surface area contributed by atoms with Crippen LogP contribution in [0.2, 0.25) is 0 Å². The minimum Gasteiger partial charge on any atom is -0.483 e. The Kier molecular flexibility index (Phi) is 4.59. The number of anilines is 1. The lowest BCUT2D eigenvalue weighted by atomic mass is 10.1. The van der Waals surface area contributed by atoms with Gasteiger partial charge in [0.25, 0.3) is 11.8 Å². The predicted octanol–water partition coefficient (Wildman–Crippen LogP) is 2.48. The maximum absolute atomic E-state index is 11.9. The first kappa shape index (κ1) is 15.1. The third-order valence-electron chi connectivity index (χ3n) is 2.89. The summed E-state index contributed by atoms with van der Waals surface area (Å²) in [6.45, 7) is 3.74. The van der Waals surface area contributed by atoms with Crippen molar-refractivity contribution in [1.82, 2.24) is 0 Å². The molecular formula is C15H16N2O3S. The number of amides is 2. The van der Waals surface area contributed by atoms with Crippen LogP contribution >= 0.6 is 11.3 Å². The molecule has 2 rings (SSSR count). The molecule has 0 spiro atoms. The molecule has 0 saturated heterocycles. The van der Waals surface area contributed by atoms with Crippen LogP contribution in [-0.2, 0) is 4.79 Å². The summed E-state index contributed by atoms with van der Waals surface area (Å²) in [5.74, 6) is -0.227. The normalized spacial score (nSPS) is 10.2. The number of primary amides is 1. The number of rotatable bonds is 5. The van der Waals surface area contributed by atoms with Crippen LogP contribution in [0.5, 0.6) is 5.75 Å². The van der Waals surface area contributed by atoms with E-state index in [0.29, 0.717) is 16.3 Å². The largest absolute Gasteiger partial charge is 0.483 e. The van der Waals surface area contributed by atoms with Crippen molar-refractivity contribution < 1.29 is 14.3 Å². The number of hydrogen-bond donors (Lipinski definition) is 2. The van der Waals surface area contributed by atoms with E-state index in [1.807, 2.05) is 32.0 Å². The average Bonchev–Trinajstić information content (AvgIpc) is 2.88.